The van der Waals surface area contributed by atoms with Gasteiger partial charge in [-0.1, -0.05) is 0 Å². The van der Waals surface area contributed by atoms with Crippen LogP contribution in [0.4, 0.5) is 0 Å². The van der Waals surface area contributed by atoms with Crippen LogP contribution in [-0.2, 0) is 4.74 Å². The fraction of sp³-hybridized carbons (Fsp3) is 0.500. The molecular formula is C8H8N2O. The first-order chi connectivity index (χ1) is 5.36. The Morgan fingerprint density at radius 1 is 1.45 bits per heavy atom. The van der Waals surface area contributed by atoms with Crippen molar-refractivity contribution in [2.75, 3.05) is 6.61 Å². The van der Waals surface area contributed by atoms with Crippen molar-refractivity contribution in [2.24, 2.45) is 5.92 Å². The molecule has 11 heavy (non-hydrogen) atoms. The second-order valence-electron chi connectivity index (χ2n) is 2.53. The Balaban J connectivity index is 2.22. The molecular weight excluding hydrogens is 140 g/mol. The zero-order valence-corrected chi connectivity index (χ0v) is 6.08. The van der Waals surface area contributed by atoms with E-state index in [9.17, 15) is 0 Å². The predicted octanol–water partition coefficient (Wildman–Crippen LogP) is 1.34. The number of rotatable bonds is 3. The maximum absolute atomic E-state index is 8.29. The summed E-state index contributed by atoms with van der Waals surface area (Å²) in [5.41, 5.74) is 0.0330. The highest BCUT2D eigenvalue weighted by Gasteiger charge is 2.21. The summed E-state index contributed by atoms with van der Waals surface area (Å²) in [6.07, 6.45) is 3.66. The number of nitriles is 2. The van der Waals surface area contributed by atoms with Crippen LogP contribution in [0.25, 0.3) is 0 Å². The fourth-order valence-corrected chi connectivity index (χ4v) is 0.630. The average Bonchev–Trinajstić information content (AvgIpc) is 2.82. The van der Waals surface area contributed by atoms with Gasteiger partial charge >= 0.3 is 0 Å². The predicted molar refractivity (Wildman–Crippen MR) is 38.0 cm³/mol. The summed E-state index contributed by atoms with van der Waals surface area (Å²) in [6.45, 7) is 0.646. The lowest BCUT2D eigenvalue weighted by atomic mass is 10.4. The molecule has 1 aliphatic rings. The molecule has 0 amide bonds. The third-order valence-electron chi connectivity index (χ3n) is 1.47. The normalized spacial score (nSPS) is 14.4. The molecule has 0 saturated heterocycles. The van der Waals surface area contributed by atoms with Crippen LogP contribution < -0.4 is 0 Å². The van der Waals surface area contributed by atoms with Crippen LogP contribution in [0, 0.1) is 28.6 Å². The number of allylic oxidation sites excluding steroid dienone is 1. The zero-order chi connectivity index (χ0) is 8.10. The lowest BCUT2D eigenvalue weighted by Gasteiger charge is -1.94. The van der Waals surface area contributed by atoms with Gasteiger partial charge in [0.2, 0.25) is 0 Å². The quantitative estimate of drug-likeness (QED) is 0.448. The van der Waals surface area contributed by atoms with Gasteiger partial charge in [0.15, 0.2) is 5.57 Å². The molecule has 1 saturated carbocycles. The molecule has 0 heterocycles. The van der Waals surface area contributed by atoms with Gasteiger partial charge in [0, 0.05) is 0 Å². The van der Waals surface area contributed by atoms with Crippen LogP contribution in [0.2, 0.25) is 0 Å². The maximum atomic E-state index is 8.29. The number of ether oxygens (including phenoxy) is 1. The van der Waals surface area contributed by atoms with Crippen LogP contribution in [0.1, 0.15) is 12.8 Å². The van der Waals surface area contributed by atoms with E-state index in [1.54, 1.807) is 12.1 Å². The van der Waals surface area contributed by atoms with Crippen molar-refractivity contribution in [1.29, 1.82) is 10.5 Å². The number of nitrogens with zero attached hydrogens (tertiary/aromatic N) is 2. The Labute approximate surface area is 65.5 Å². The highest BCUT2D eigenvalue weighted by molar-refractivity contribution is 5.33. The smallest absolute Gasteiger partial charge is 0.163 e. The van der Waals surface area contributed by atoms with Crippen molar-refractivity contribution in [3.05, 3.63) is 11.8 Å². The van der Waals surface area contributed by atoms with Crippen LogP contribution >= 0.6 is 0 Å². The Morgan fingerprint density at radius 2 is 2.09 bits per heavy atom. The summed E-state index contributed by atoms with van der Waals surface area (Å²) < 4.78 is 4.99. The van der Waals surface area contributed by atoms with Crippen LogP contribution in [0.15, 0.2) is 11.8 Å². The molecule has 3 heteroatoms. The minimum absolute atomic E-state index is 0.0330. The summed E-state index contributed by atoms with van der Waals surface area (Å²) >= 11 is 0. The molecule has 0 bridgehead atoms. The summed E-state index contributed by atoms with van der Waals surface area (Å²) in [6, 6.07) is 3.44. The average molecular weight is 148 g/mol. The van der Waals surface area contributed by atoms with E-state index in [-0.39, 0.29) is 5.57 Å². The summed E-state index contributed by atoms with van der Waals surface area (Å²) in [5.74, 6) is 0.657. The van der Waals surface area contributed by atoms with E-state index in [4.69, 9.17) is 15.3 Å². The third kappa shape index (κ3) is 2.73. The first-order valence-corrected chi connectivity index (χ1v) is 3.49. The standard InChI is InChI=1S/C8H8N2O/c9-3-8(4-10)6-11-5-7-1-2-7/h6-7H,1-2,5H2. The third-order valence-corrected chi connectivity index (χ3v) is 1.47. The first kappa shape index (κ1) is 7.63. The van der Waals surface area contributed by atoms with Crippen LogP contribution in [0.5, 0.6) is 0 Å². The molecule has 0 spiro atoms. The molecule has 0 N–H and O–H groups in total. The number of hydrogen-bond acceptors (Lipinski definition) is 3. The van der Waals surface area contributed by atoms with Crippen molar-refractivity contribution in [2.45, 2.75) is 12.8 Å². The Bertz CT molecular complexity index is 224. The largest absolute Gasteiger partial charge is 0.499 e. The van der Waals surface area contributed by atoms with Crippen molar-refractivity contribution < 1.29 is 4.74 Å². The molecule has 0 unspecified atom stereocenters. The highest BCUT2D eigenvalue weighted by Crippen LogP contribution is 2.28. The summed E-state index contributed by atoms with van der Waals surface area (Å²) in [7, 11) is 0. The van der Waals surface area contributed by atoms with E-state index in [2.05, 4.69) is 0 Å². The Hall–Kier alpha value is -1.48. The monoisotopic (exact) mass is 148 g/mol. The lowest BCUT2D eigenvalue weighted by molar-refractivity contribution is 0.233. The van der Waals surface area contributed by atoms with E-state index < -0.39 is 0 Å². The van der Waals surface area contributed by atoms with Gasteiger partial charge in [0.25, 0.3) is 0 Å². The van der Waals surface area contributed by atoms with Gasteiger partial charge < -0.3 is 4.74 Å². The molecule has 3 nitrogen and oxygen atoms in total. The molecule has 1 aliphatic carbocycles. The Morgan fingerprint density at radius 3 is 2.55 bits per heavy atom. The highest BCUT2D eigenvalue weighted by atomic mass is 16.5. The van der Waals surface area contributed by atoms with Crippen LogP contribution in [-0.4, -0.2) is 6.61 Å². The van der Waals surface area contributed by atoms with Gasteiger partial charge in [-0.15, -0.1) is 0 Å². The molecule has 56 valence electrons. The van der Waals surface area contributed by atoms with Crippen molar-refractivity contribution in [3.8, 4) is 12.1 Å². The van der Waals surface area contributed by atoms with E-state index in [1.807, 2.05) is 0 Å². The molecule has 0 aromatic heterocycles. The van der Waals surface area contributed by atoms with Gasteiger partial charge in [-0.3, -0.25) is 0 Å². The van der Waals surface area contributed by atoms with Crippen molar-refractivity contribution in [3.63, 3.8) is 0 Å². The fourth-order valence-electron chi connectivity index (χ4n) is 0.630. The molecule has 0 atom stereocenters. The van der Waals surface area contributed by atoms with Crippen molar-refractivity contribution in [1.82, 2.24) is 0 Å². The van der Waals surface area contributed by atoms with E-state index in [0.29, 0.717) is 12.5 Å². The van der Waals surface area contributed by atoms with Gasteiger partial charge in [-0.25, -0.2) is 0 Å². The summed E-state index contributed by atoms with van der Waals surface area (Å²) in [4.78, 5) is 0. The maximum Gasteiger partial charge on any atom is 0.163 e. The molecule has 0 aromatic rings. The Kier molecular flexibility index (Phi) is 2.52. The zero-order valence-electron chi connectivity index (χ0n) is 6.08. The molecule has 1 fully saturated rings. The SMILES string of the molecule is N#CC(C#N)=COCC1CC1. The molecule has 0 radical (unpaired) electrons. The molecule has 0 aliphatic heterocycles. The van der Waals surface area contributed by atoms with Gasteiger partial charge in [0.05, 0.1) is 6.61 Å². The minimum atomic E-state index is 0.0330. The second kappa shape index (κ2) is 3.63. The van der Waals surface area contributed by atoms with E-state index >= 15 is 0 Å². The number of hydrogen-bond donors (Lipinski definition) is 0. The van der Waals surface area contributed by atoms with E-state index in [1.165, 1.54) is 19.1 Å². The topological polar surface area (TPSA) is 56.8 Å². The lowest BCUT2D eigenvalue weighted by Crippen LogP contribution is -1.89. The van der Waals surface area contributed by atoms with Gasteiger partial charge in [-0.05, 0) is 18.8 Å². The first-order valence-electron chi connectivity index (χ1n) is 3.49. The van der Waals surface area contributed by atoms with E-state index in [0.717, 1.165) is 0 Å². The van der Waals surface area contributed by atoms with Gasteiger partial charge in [-0.2, -0.15) is 10.5 Å². The molecule has 0 aromatic carbocycles. The van der Waals surface area contributed by atoms with Crippen molar-refractivity contribution >= 4 is 0 Å². The van der Waals surface area contributed by atoms with Crippen LogP contribution in [0.3, 0.4) is 0 Å². The van der Waals surface area contributed by atoms with Gasteiger partial charge in [0.1, 0.15) is 18.4 Å². The second-order valence-corrected chi connectivity index (χ2v) is 2.53. The summed E-state index contributed by atoms with van der Waals surface area (Å²) in [5, 5.41) is 16.6. The minimum Gasteiger partial charge on any atom is -0.499 e. The molecule has 1 rings (SSSR count).